The molecule has 0 saturated carbocycles. The molecule has 3 N–H and O–H groups in total. The van der Waals surface area contributed by atoms with Gasteiger partial charge >= 0.3 is 5.97 Å². The summed E-state index contributed by atoms with van der Waals surface area (Å²) in [5.74, 6) is -0.0501. The lowest BCUT2D eigenvalue weighted by molar-refractivity contribution is -0.143. The Kier molecular flexibility index (Phi) is 57.0. The molecule has 1 amide bonds. The van der Waals surface area contributed by atoms with Crippen LogP contribution in [0.1, 0.15) is 348 Å². The Labute approximate surface area is 425 Å². The first kappa shape index (κ1) is 66.6. The van der Waals surface area contributed by atoms with Crippen LogP contribution in [0.2, 0.25) is 0 Å². The minimum absolute atomic E-state index is 0.0162. The first-order chi connectivity index (χ1) is 33.5. The maximum Gasteiger partial charge on any atom is 0.305 e. The van der Waals surface area contributed by atoms with Crippen molar-refractivity contribution < 1.29 is 24.5 Å². The van der Waals surface area contributed by atoms with Crippen LogP contribution in [-0.2, 0) is 14.3 Å². The SMILES string of the molecule is CCCCCCCCCCCCCC/C=C/C(O)C(CO)NC(=O)CCCCCCCCCCCCCCCCCCCCCCCCOC(=O)CCCCCCCCCCCCCCCCC. The monoisotopic (exact) mass is 960 g/mol. The van der Waals surface area contributed by atoms with Gasteiger partial charge < -0.3 is 20.3 Å². The van der Waals surface area contributed by atoms with E-state index in [1.807, 2.05) is 6.08 Å². The molecule has 0 aromatic heterocycles. The van der Waals surface area contributed by atoms with E-state index in [2.05, 4.69) is 19.2 Å². The molecule has 0 spiro atoms. The number of amides is 1. The molecule has 6 nitrogen and oxygen atoms in total. The Balaban J connectivity index is 3.37. The van der Waals surface area contributed by atoms with E-state index in [1.54, 1.807) is 6.08 Å². The fourth-order valence-electron chi connectivity index (χ4n) is 9.81. The van der Waals surface area contributed by atoms with Crippen LogP contribution in [0.5, 0.6) is 0 Å². The number of aliphatic hydroxyl groups excluding tert-OH is 2. The quantitative estimate of drug-likeness (QED) is 0.0321. The molecule has 0 aliphatic carbocycles. The highest BCUT2D eigenvalue weighted by Crippen LogP contribution is 2.18. The van der Waals surface area contributed by atoms with Gasteiger partial charge in [-0.25, -0.2) is 0 Å². The van der Waals surface area contributed by atoms with Crippen molar-refractivity contribution in [1.82, 2.24) is 5.32 Å². The molecule has 0 saturated heterocycles. The lowest BCUT2D eigenvalue weighted by Gasteiger charge is -2.20. The van der Waals surface area contributed by atoms with E-state index in [4.69, 9.17) is 4.74 Å². The second kappa shape index (κ2) is 58.2. The zero-order chi connectivity index (χ0) is 49.3. The number of rotatable bonds is 58. The Bertz CT molecular complexity index is 1020. The highest BCUT2D eigenvalue weighted by Gasteiger charge is 2.18. The van der Waals surface area contributed by atoms with Crippen molar-refractivity contribution in [2.45, 2.75) is 360 Å². The van der Waals surface area contributed by atoms with Crippen molar-refractivity contribution in [1.29, 1.82) is 0 Å². The standard InChI is InChI=1S/C62H121NO5/c1-3-5-7-9-11-13-15-17-27-32-36-40-44-48-52-56-62(67)68-57-53-49-45-41-37-33-29-26-24-22-20-19-21-23-25-28-31-35-39-43-47-51-55-61(66)63-59(58-64)60(65)54-50-46-42-38-34-30-18-16-14-12-10-8-6-4-2/h50,54,59-60,64-65H,3-49,51-53,55-58H2,1-2H3,(H,63,66)/b54-50+. The van der Waals surface area contributed by atoms with Gasteiger partial charge in [-0.1, -0.05) is 315 Å². The largest absolute Gasteiger partial charge is 0.466 e. The number of allylic oxidation sites excluding steroid dienone is 1. The Hall–Kier alpha value is -1.40. The minimum Gasteiger partial charge on any atom is -0.466 e. The van der Waals surface area contributed by atoms with E-state index in [1.165, 1.54) is 283 Å². The number of ether oxygens (including phenoxy) is 1. The molecule has 0 aliphatic heterocycles. The van der Waals surface area contributed by atoms with Crippen molar-refractivity contribution in [3.63, 3.8) is 0 Å². The number of carbonyl (C=O) groups is 2. The van der Waals surface area contributed by atoms with Gasteiger partial charge in [-0.2, -0.15) is 0 Å². The van der Waals surface area contributed by atoms with Gasteiger partial charge in [-0.15, -0.1) is 0 Å². The number of esters is 1. The zero-order valence-corrected chi connectivity index (χ0v) is 46.1. The first-order valence-electron chi connectivity index (χ1n) is 31.0. The number of carbonyl (C=O) groups excluding carboxylic acids is 2. The Morgan fingerprint density at radius 2 is 0.676 bits per heavy atom. The van der Waals surface area contributed by atoms with Crippen molar-refractivity contribution in [2.75, 3.05) is 13.2 Å². The average Bonchev–Trinajstić information content (AvgIpc) is 3.34. The second-order valence-corrected chi connectivity index (χ2v) is 21.4. The molecule has 0 aromatic rings. The summed E-state index contributed by atoms with van der Waals surface area (Å²) in [6, 6.07) is -0.626. The molecule has 6 heteroatoms. The molecule has 0 fully saturated rings. The van der Waals surface area contributed by atoms with Gasteiger partial charge in [-0.3, -0.25) is 9.59 Å². The molecule has 2 atom stereocenters. The number of unbranched alkanes of at least 4 members (excludes halogenated alkanes) is 47. The minimum atomic E-state index is -0.843. The van der Waals surface area contributed by atoms with Crippen LogP contribution in [0, 0.1) is 0 Å². The van der Waals surface area contributed by atoms with Gasteiger partial charge in [0, 0.05) is 12.8 Å². The summed E-state index contributed by atoms with van der Waals surface area (Å²) in [4.78, 5) is 24.5. The van der Waals surface area contributed by atoms with Crippen LogP contribution in [-0.4, -0.2) is 47.4 Å². The number of aliphatic hydroxyl groups is 2. The van der Waals surface area contributed by atoms with Gasteiger partial charge in [0.05, 0.1) is 25.4 Å². The molecule has 0 aliphatic rings. The number of hydrogen-bond acceptors (Lipinski definition) is 5. The predicted molar refractivity (Wildman–Crippen MR) is 297 cm³/mol. The fourth-order valence-corrected chi connectivity index (χ4v) is 9.81. The first-order valence-corrected chi connectivity index (χ1v) is 31.0. The fraction of sp³-hybridized carbons (Fsp3) is 0.935. The highest BCUT2D eigenvalue weighted by atomic mass is 16.5. The third-order valence-corrected chi connectivity index (χ3v) is 14.6. The van der Waals surface area contributed by atoms with Crippen molar-refractivity contribution in [3.05, 3.63) is 12.2 Å². The summed E-state index contributed by atoms with van der Waals surface area (Å²) < 4.78 is 5.49. The van der Waals surface area contributed by atoms with Crippen molar-refractivity contribution >= 4 is 11.9 Å². The topological polar surface area (TPSA) is 95.9 Å². The van der Waals surface area contributed by atoms with E-state index in [0.717, 1.165) is 38.5 Å². The second-order valence-electron chi connectivity index (χ2n) is 21.4. The summed E-state index contributed by atoms with van der Waals surface area (Å²) in [5.41, 5.74) is 0. The van der Waals surface area contributed by atoms with E-state index >= 15 is 0 Å². The maximum atomic E-state index is 12.5. The zero-order valence-electron chi connectivity index (χ0n) is 46.1. The van der Waals surface area contributed by atoms with Gasteiger partial charge in [0.2, 0.25) is 5.91 Å². The van der Waals surface area contributed by atoms with Crippen molar-refractivity contribution in [3.8, 4) is 0 Å². The highest BCUT2D eigenvalue weighted by molar-refractivity contribution is 5.76. The average molecular weight is 961 g/mol. The molecule has 0 rings (SSSR count). The van der Waals surface area contributed by atoms with Gasteiger partial charge in [0.25, 0.3) is 0 Å². The lowest BCUT2D eigenvalue weighted by Crippen LogP contribution is -2.45. The molecular weight excluding hydrogens is 839 g/mol. The van der Waals surface area contributed by atoms with E-state index < -0.39 is 12.1 Å². The Morgan fingerprint density at radius 1 is 0.397 bits per heavy atom. The third-order valence-electron chi connectivity index (χ3n) is 14.6. The molecule has 404 valence electrons. The molecule has 0 aromatic carbocycles. The molecule has 0 bridgehead atoms. The molecule has 0 radical (unpaired) electrons. The van der Waals surface area contributed by atoms with Gasteiger partial charge in [0.1, 0.15) is 0 Å². The van der Waals surface area contributed by atoms with Gasteiger partial charge in [-0.05, 0) is 32.1 Å². The van der Waals surface area contributed by atoms with Gasteiger partial charge in [0.15, 0.2) is 0 Å². The van der Waals surface area contributed by atoms with Crippen molar-refractivity contribution in [2.24, 2.45) is 0 Å². The summed E-state index contributed by atoms with van der Waals surface area (Å²) >= 11 is 0. The summed E-state index contributed by atoms with van der Waals surface area (Å²) in [5, 5.41) is 23.1. The summed E-state index contributed by atoms with van der Waals surface area (Å²) in [7, 11) is 0. The van der Waals surface area contributed by atoms with Crippen LogP contribution >= 0.6 is 0 Å². The Morgan fingerprint density at radius 3 is 1.00 bits per heavy atom. The molecular formula is C62H121NO5. The van der Waals surface area contributed by atoms with Crippen LogP contribution < -0.4 is 5.32 Å². The lowest BCUT2D eigenvalue weighted by atomic mass is 10.0. The normalized spacial score (nSPS) is 12.6. The number of hydrogen-bond donors (Lipinski definition) is 3. The molecule has 0 heterocycles. The number of nitrogens with one attached hydrogen (secondary N) is 1. The summed E-state index contributed by atoms with van der Waals surface area (Å²) in [6.07, 6.45) is 69.6. The summed E-state index contributed by atoms with van der Waals surface area (Å²) in [6.45, 7) is 4.93. The third kappa shape index (κ3) is 53.9. The van der Waals surface area contributed by atoms with E-state index in [-0.39, 0.29) is 18.5 Å². The van der Waals surface area contributed by atoms with Crippen LogP contribution in [0.15, 0.2) is 12.2 Å². The van der Waals surface area contributed by atoms with Crippen LogP contribution in [0.25, 0.3) is 0 Å². The smallest absolute Gasteiger partial charge is 0.305 e. The van der Waals surface area contributed by atoms with E-state index in [9.17, 15) is 19.8 Å². The molecule has 2 unspecified atom stereocenters. The van der Waals surface area contributed by atoms with E-state index in [0.29, 0.717) is 19.4 Å². The molecule has 68 heavy (non-hydrogen) atoms. The predicted octanol–water partition coefficient (Wildman–Crippen LogP) is 19.2. The maximum absolute atomic E-state index is 12.5. The van der Waals surface area contributed by atoms with Crippen LogP contribution in [0.3, 0.4) is 0 Å². The van der Waals surface area contributed by atoms with Crippen LogP contribution in [0.4, 0.5) is 0 Å².